The van der Waals surface area contributed by atoms with E-state index in [1.165, 1.54) is 37.4 Å². The monoisotopic (exact) mass is 471 g/mol. The van der Waals surface area contributed by atoms with Gasteiger partial charge in [0.25, 0.3) is 5.56 Å². The van der Waals surface area contributed by atoms with E-state index < -0.39 is 29.0 Å². The van der Waals surface area contributed by atoms with Gasteiger partial charge in [-0.05, 0) is 17.7 Å². The van der Waals surface area contributed by atoms with Gasteiger partial charge >= 0.3 is 11.7 Å². The Morgan fingerprint density at radius 2 is 1.57 bits per heavy atom. The molecule has 1 atom stereocenters. The maximum atomic E-state index is 13.7. The molecule has 3 aromatic rings. The summed E-state index contributed by atoms with van der Waals surface area (Å²) < 4.78 is 7.45. The van der Waals surface area contributed by atoms with Gasteiger partial charge in [0.1, 0.15) is 11.6 Å². The van der Waals surface area contributed by atoms with Gasteiger partial charge in [0.2, 0.25) is 5.91 Å². The number of carbonyl (C=O) groups excluding carboxylic acids is 3. The minimum absolute atomic E-state index is 0.108. The second kappa shape index (κ2) is 7.76. The molecule has 1 aliphatic carbocycles. The summed E-state index contributed by atoms with van der Waals surface area (Å²) in [6.45, 7) is 2.60. The lowest BCUT2D eigenvalue weighted by Crippen LogP contribution is -2.46. The SMILES string of the molecule is CC(=O)Oc1cccc(C2C3=C(c4ccccc4C3=O)N(C(C)=O)c3c2c(=O)n(C)c(=O)n3C)c1. The van der Waals surface area contributed by atoms with Crippen molar-refractivity contribution in [2.24, 2.45) is 14.1 Å². The van der Waals surface area contributed by atoms with Crippen molar-refractivity contribution >= 4 is 29.2 Å². The molecule has 0 bridgehead atoms. The largest absolute Gasteiger partial charge is 0.427 e. The average Bonchev–Trinajstić information content (AvgIpc) is 3.12. The summed E-state index contributed by atoms with van der Waals surface area (Å²) >= 11 is 0. The number of ether oxygens (including phenoxy) is 1. The van der Waals surface area contributed by atoms with Crippen LogP contribution in [0.25, 0.3) is 5.70 Å². The van der Waals surface area contributed by atoms with Gasteiger partial charge in [0, 0.05) is 50.6 Å². The zero-order valence-corrected chi connectivity index (χ0v) is 19.5. The molecule has 1 amide bonds. The maximum Gasteiger partial charge on any atom is 0.332 e. The van der Waals surface area contributed by atoms with Crippen LogP contribution in [0.3, 0.4) is 0 Å². The molecule has 0 fully saturated rings. The van der Waals surface area contributed by atoms with Gasteiger partial charge in [-0.15, -0.1) is 0 Å². The molecule has 2 heterocycles. The summed E-state index contributed by atoms with van der Waals surface area (Å²) in [5.74, 6) is -1.83. The van der Waals surface area contributed by atoms with Crippen molar-refractivity contribution in [2.75, 3.05) is 4.90 Å². The van der Waals surface area contributed by atoms with Crippen molar-refractivity contribution in [3.63, 3.8) is 0 Å². The number of aromatic nitrogens is 2. The van der Waals surface area contributed by atoms with Crippen LogP contribution < -0.4 is 20.9 Å². The highest BCUT2D eigenvalue weighted by Gasteiger charge is 2.47. The summed E-state index contributed by atoms with van der Waals surface area (Å²) in [5, 5.41) is 0. The first kappa shape index (κ1) is 22.3. The van der Waals surface area contributed by atoms with Crippen LogP contribution in [-0.2, 0) is 23.7 Å². The molecule has 5 rings (SSSR count). The number of anilines is 1. The number of hydrogen-bond donors (Lipinski definition) is 0. The zero-order valence-electron chi connectivity index (χ0n) is 19.5. The fourth-order valence-electron chi connectivity index (χ4n) is 4.99. The minimum Gasteiger partial charge on any atom is -0.427 e. The number of rotatable bonds is 2. The molecule has 35 heavy (non-hydrogen) atoms. The van der Waals surface area contributed by atoms with Crippen LogP contribution in [0.1, 0.15) is 46.8 Å². The van der Waals surface area contributed by atoms with Crippen molar-refractivity contribution < 1.29 is 19.1 Å². The number of ketones is 1. The molecule has 176 valence electrons. The predicted octanol–water partition coefficient (Wildman–Crippen LogP) is 2.12. The van der Waals surface area contributed by atoms with Gasteiger partial charge in [0.15, 0.2) is 5.78 Å². The third-order valence-corrected chi connectivity index (χ3v) is 6.37. The molecule has 1 aliphatic heterocycles. The normalized spacial score (nSPS) is 16.1. The Hall–Kier alpha value is -4.53. The number of allylic oxidation sites excluding steroid dienone is 1. The molecular weight excluding hydrogens is 450 g/mol. The first-order chi connectivity index (χ1) is 16.6. The Labute approximate surface area is 199 Å². The fraction of sp³-hybridized carbons (Fsp3) is 0.192. The molecule has 1 aromatic heterocycles. The zero-order chi connectivity index (χ0) is 25.2. The van der Waals surface area contributed by atoms with E-state index in [0.717, 1.165) is 4.57 Å². The second-order valence-corrected chi connectivity index (χ2v) is 8.53. The first-order valence-electron chi connectivity index (χ1n) is 10.9. The highest BCUT2D eigenvalue weighted by Crippen LogP contribution is 2.51. The van der Waals surface area contributed by atoms with Crippen LogP contribution in [-0.4, -0.2) is 26.8 Å². The Morgan fingerprint density at radius 3 is 2.23 bits per heavy atom. The Balaban J connectivity index is 1.93. The molecule has 2 aliphatic rings. The van der Waals surface area contributed by atoms with Crippen molar-refractivity contribution in [1.82, 2.24) is 9.13 Å². The molecule has 0 radical (unpaired) electrons. The van der Waals surface area contributed by atoms with Gasteiger partial charge in [0.05, 0.1) is 11.3 Å². The maximum absolute atomic E-state index is 13.7. The van der Waals surface area contributed by atoms with Crippen LogP contribution in [0.4, 0.5) is 5.82 Å². The summed E-state index contributed by atoms with van der Waals surface area (Å²) in [6, 6.07) is 13.5. The van der Waals surface area contributed by atoms with Gasteiger partial charge in [-0.25, -0.2) is 4.79 Å². The fourth-order valence-corrected chi connectivity index (χ4v) is 4.99. The Morgan fingerprint density at radius 1 is 0.886 bits per heavy atom. The van der Waals surface area contributed by atoms with E-state index in [9.17, 15) is 24.0 Å². The highest BCUT2D eigenvalue weighted by molar-refractivity contribution is 6.27. The van der Waals surface area contributed by atoms with E-state index in [1.54, 1.807) is 48.5 Å². The Kier molecular flexibility index (Phi) is 4.94. The van der Waals surface area contributed by atoms with E-state index in [0.29, 0.717) is 22.4 Å². The number of hydrogen-bond acceptors (Lipinski definition) is 6. The molecule has 0 saturated carbocycles. The number of esters is 1. The van der Waals surface area contributed by atoms with Crippen molar-refractivity contribution in [1.29, 1.82) is 0 Å². The number of carbonyl (C=O) groups is 3. The smallest absolute Gasteiger partial charge is 0.332 e. The van der Waals surface area contributed by atoms with E-state index >= 15 is 0 Å². The standard InChI is InChI=1S/C26H21N3O6/c1-13(30)29-22-17-10-5-6-11-18(17)23(32)20(22)19(15-8-7-9-16(12-15)35-14(2)31)21-24(29)27(3)26(34)28(4)25(21)33/h5-12,19H,1-4H3. The van der Waals surface area contributed by atoms with E-state index in [4.69, 9.17) is 4.74 Å². The van der Waals surface area contributed by atoms with E-state index in [-0.39, 0.29) is 28.5 Å². The summed E-state index contributed by atoms with van der Waals surface area (Å²) in [6.07, 6.45) is 0. The first-order valence-corrected chi connectivity index (χ1v) is 10.9. The average molecular weight is 471 g/mol. The van der Waals surface area contributed by atoms with E-state index in [2.05, 4.69) is 0 Å². The third-order valence-electron chi connectivity index (χ3n) is 6.37. The quantitative estimate of drug-likeness (QED) is 0.419. The lowest BCUT2D eigenvalue weighted by molar-refractivity contribution is -0.131. The molecule has 0 N–H and O–H groups in total. The van der Waals surface area contributed by atoms with Crippen LogP contribution in [0.15, 0.2) is 63.7 Å². The van der Waals surface area contributed by atoms with Crippen LogP contribution in [0.2, 0.25) is 0 Å². The molecule has 1 unspecified atom stereocenters. The summed E-state index contributed by atoms with van der Waals surface area (Å²) in [5.41, 5.74) is 0.951. The van der Waals surface area contributed by atoms with Gasteiger partial charge < -0.3 is 4.74 Å². The van der Waals surface area contributed by atoms with Crippen molar-refractivity contribution in [2.45, 2.75) is 19.8 Å². The molecule has 0 spiro atoms. The van der Waals surface area contributed by atoms with Crippen LogP contribution >= 0.6 is 0 Å². The number of fused-ring (bicyclic) bond motifs is 3. The number of benzene rings is 2. The topological polar surface area (TPSA) is 108 Å². The van der Waals surface area contributed by atoms with Gasteiger partial charge in [-0.3, -0.25) is 33.2 Å². The van der Waals surface area contributed by atoms with E-state index in [1.807, 2.05) is 0 Å². The number of Topliss-reactive ketones (excluding diaryl/α,β-unsaturated/α-hetero) is 1. The number of nitrogens with zero attached hydrogens (tertiary/aromatic N) is 3. The number of amides is 1. The highest BCUT2D eigenvalue weighted by atomic mass is 16.5. The summed E-state index contributed by atoms with van der Waals surface area (Å²) in [7, 11) is 2.83. The van der Waals surface area contributed by atoms with Crippen LogP contribution in [0.5, 0.6) is 5.75 Å². The van der Waals surface area contributed by atoms with Crippen molar-refractivity contribution in [3.8, 4) is 5.75 Å². The predicted molar refractivity (Wildman–Crippen MR) is 127 cm³/mol. The minimum atomic E-state index is -0.906. The van der Waals surface area contributed by atoms with Crippen molar-refractivity contribution in [3.05, 3.63) is 97.2 Å². The molecule has 0 saturated heterocycles. The lowest BCUT2D eigenvalue weighted by Gasteiger charge is -2.36. The van der Waals surface area contributed by atoms with Crippen LogP contribution in [0, 0.1) is 0 Å². The lowest BCUT2D eigenvalue weighted by atomic mass is 9.81. The Bertz CT molecular complexity index is 1620. The molecule has 9 heteroatoms. The van der Waals surface area contributed by atoms with Gasteiger partial charge in [-0.1, -0.05) is 36.4 Å². The second-order valence-electron chi connectivity index (χ2n) is 8.53. The molecule has 2 aromatic carbocycles. The summed E-state index contributed by atoms with van der Waals surface area (Å²) in [4.78, 5) is 66.0. The molecule has 9 nitrogen and oxygen atoms in total. The molecular formula is C26H21N3O6. The third kappa shape index (κ3) is 3.12. The van der Waals surface area contributed by atoms with Gasteiger partial charge in [-0.2, -0.15) is 0 Å².